The number of nitrogens with one attached hydrogen (secondary N) is 1. The lowest BCUT2D eigenvalue weighted by molar-refractivity contribution is -0.134. The van der Waals surface area contributed by atoms with Gasteiger partial charge in [0.15, 0.2) is 5.65 Å². The van der Waals surface area contributed by atoms with Gasteiger partial charge in [0.25, 0.3) is 0 Å². The number of anilines is 1. The van der Waals surface area contributed by atoms with Crippen molar-refractivity contribution in [3.05, 3.63) is 22.8 Å². The third-order valence-electron chi connectivity index (χ3n) is 3.28. The molecule has 3 heterocycles. The van der Waals surface area contributed by atoms with Crippen LogP contribution in [0.25, 0.3) is 5.65 Å². The molecule has 0 atom stereocenters. The minimum Gasteiger partial charge on any atom is -0.378 e. The summed E-state index contributed by atoms with van der Waals surface area (Å²) in [6.45, 7) is 3.14. The zero-order chi connectivity index (χ0) is 14.7. The Labute approximate surface area is 130 Å². The van der Waals surface area contributed by atoms with E-state index >= 15 is 0 Å². The minimum atomic E-state index is 0.136. The smallest absolute Gasteiger partial charge is 0.243 e. The summed E-state index contributed by atoms with van der Waals surface area (Å²) in [6.07, 6.45) is 2.27. The SMILES string of the molecule is O=C(CCNc1nc2ccc(Br)cn2n1)N1CCOCC1. The molecule has 0 bridgehead atoms. The number of hydrogen-bond acceptors (Lipinski definition) is 5. The van der Waals surface area contributed by atoms with Gasteiger partial charge in [0.05, 0.1) is 13.2 Å². The van der Waals surface area contributed by atoms with Gasteiger partial charge in [0, 0.05) is 36.7 Å². The first kappa shape index (κ1) is 14.3. The number of carbonyl (C=O) groups excluding carboxylic acids is 1. The lowest BCUT2D eigenvalue weighted by Crippen LogP contribution is -2.41. The molecule has 1 saturated heterocycles. The number of rotatable bonds is 4. The van der Waals surface area contributed by atoms with E-state index in [-0.39, 0.29) is 5.91 Å². The minimum absolute atomic E-state index is 0.136. The molecule has 7 nitrogen and oxygen atoms in total. The molecule has 2 aromatic rings. The lowest BCUT2D eigenvalue weighted by Gasteiger charge is -2.26. The maximum absolute atomic E-state index is 12.0. The fourth-order valence-corrected chi connectivity index (χ4v) is 2.51. The molecule has 0 spiro atoms. The second-order valence-electron chi connectivity index (χ2n) is 4.76. The first-order chi connectivity index (χ1) is 10.2. The summed E-state index contributed by atoms with van der Waals surface area (Å²) in [4.78, 5) is 18.2. The van der Waals surface area contributed by atoms with Crippen molar-refractivity contribution < 1.29 is 9.53 Å². The van der Waals surface area contributed by atoms with Gasteiger partial charge in [-0.3, -0.25) is 4.79 Å². The van der Waals surface area contributed by atoms with E-state index in [0.29, 0.717) is 45.2 Å². The Hall–Kier alpha value is -1.67. The standard InChI is InChI=1S/C13H16BrN5O2/c14-10-1-2-11-16-13(17-19(11)9-10)15-4-3-12(20)18-5-7-21-8-6-18/h1-2,9H,3-8H2,(H,15,17). The quantitative estimate of drug-likeness (QED) is 0.892. The van der Waals surface area contributed by atoms with Gasteiger partial charge in [-0.05, 0) is 28.1 Å². The monoisotopic (exact) mass is 353 g/mol. The Bertz CT molecular complexity index is 639. The fraction of sp³-hybridized carbons (Fsp3) is 0.462. The predicted molar refractivity (Wildman–Crippen MR) is 81.2 cm³/mol. The van der Waals surface area contributed by atoms with Crippen molar-refractivity contribution in [1.29, 1.82) is 0 Å². The Morgan fingerprint density at radius 1 is 1.38 bits per heavy atom. The zero-order valence-corrected chi connectivity index (χ0v) is 13.0. The summed E-state index contributed by atoms with van der Waals surface area (Å²) in [5, 5.41) is 7.39. The van der Waals surface area contributed by atoms with Crippen molar-refractivity contribution in [2.45, 2.75) is 6.42 Å². The van der Waals surface area contributed by atoms with Crippen molar-refractivity contribution >= 4 is 33.4 Å². The number of carbonyl (C=O) groups is 1. The third-order valence-corrected chi connectivity index (χ3v) is 3.75. The molecule has 3 rings (SSSR count). The highest BCUT2D eigenvalue weighted by Crippen LogP contribution is 2.12. The molecule has 0 aliphatic carbocycles. The van der Waals surface area contributed by atoms with Gasteiger partial charge in [-0.1, -0.05) is 0 Å². The van der Waals surface area contributed by atoms with E-state index in [4.69, 9.17) is 4.74 Å². The van der Waals surface area contributed by atoms with Crippen LogP contribution in [-0.2, 0) is 9.53 Å². The summed E-state index contributed by atoms with van der Waals surface area (Å²) in [5.74, 6) is 0.667. The Morgan fingerprint density at radius 2 is 2.19 bits per heavy atom. The highest BCUT2D eigenvalue weighted by Gasteiger charge is 2.16. The van der Waals surface area contributed by atoms with Gasteiger partial charge >= 0.3 is 0 Å². The number of aromatic nitrogens is 3. The summed E-state index contributed by atoms with van der Waals surface area (Å²) in [6, 6.07) is 3.79. The van der Waals surface area contributed by atoms with Crippen LogP contribution in [0.4, 0.5) is 5.95 Å². The topological polar surface area (TPSA) is 71.8 Å². The number of hydrogen-bond donors (Lipinski definition) is 1. The fourth-order valence-electron chi connectivity index (χ4n) is 2.18. The normalized spacial score (nSPS) is 15.4. The molecule has 0 radical (unpaired) electrons. The molecule has 1 aliphatic heterocycles. The molecule has 0 aromatic carbocycles. The first-order valence-electron chi connectivity index (χ1n) is 6.84. The maximum Gasteiger partial charge on any atom is 0.243 e. The van der Waals surface area contributed by atoms with Crippen LogP contribution in [0.1, 0.15) is 6.42 Å². The molecule has 0 unspecified atom stereocenters. The highest BCUT2D eigenvalue weighted by molar-refractivity contribution is 9.10. The third kappa shape index (κ3) is 3.51. The van der Waals surface area contributed by atoms with Gasteiger partial charge in [-0.15, -0.1) is 5.10 Å². The number of morpholine rings is 1. The van der Waals surface area contributed by atoms with Gasteiger partial charge in [0.2, 0.25) is 11.9 Å². The number of fused-ring (bicyclic) bond motifs is 1. The van der Waals surface area contributed by atoms with Crippen molar-refractivity contribution in [2.24, 2.45) is 0 Å². The molecular formula is C13H16BrN5O2. The number of amides is 1. The van der Waals surface area contributed by atoms with Gasteiger partial charge in [-0.2, -0.15) is 4.98 Å². The van der Waals surface area contributed by atoms with Crippen LogP contribution in [-0.4, -0.2) is 58.3 Å². The number of halogens is 1. The molecule has 2 aromatic heterocycles. The molecule has 1 N–H and O–H groups in total. The Kier molecular flexibility index (Phi) is 4.35. The van der Waals surface area contributed by atoms with Crippen LogP contribution in [0, 0.1) is 0 Å². The number of ether oxygens (including phenoxy) is 1. The van der Waals surface area contributed by atoms with Crippen LogP contribution in [0.2, 0.25) is 0 Å². The van der Waals surface area contributed by atoms with E-state index in [2.05, 4.69) is 31.3 Å². The maximum atomic E-state index is 12.0. The van der Waals surface area contributed by atoms with E-state index in [1.165, 1.54) is 0 Å². The van der Waals surface area contributed by atoms with Crippen LogP contribution < -0.4 is 5.32 Å². The van der Waals surface area contributed by atoms with E-state index in [0.717, 1.165) is 10.1 Å². The summed E-state index contributed by atoms with van der Waals surface area (Å²) in [5.41, 5.74) is 0.764. The van der Waals surface area contributed by atoms with E-state index in [9.17, 15) is 4.79 Å². The molecule has 1 amide bonds. The van der Waals surface area contributed by atoms with Crippen molar-refractivity contribution in [3.8, 4) is 0 Å². The van der Waals surface area contributed by atoms with Crippen LogP contribution in [0.5, 0.6) is 0 Å². The zero-order valence-electron chi connectivity index (χ0n) is 11.5. The molecule has 21 heavy (non-hydrogen) atoms. The molecule has 112 valence electrons. The van der Waals surface area contributed by atoms with Crippen LogP contribution in [0.3, 0.4) is 0 Å². The first-order valence-corrected chi connectivity index (χ1v) is 7.63. The average Bonchev–Trinajstić information content (AvgIpc) is 2.89. The molecule has 8 heteroatoms. The largest absolute Gasteiger partial charge is 0.378 e. The van der Waals surface area contributed by atoms with Gasteiger partial charge < -0.3 is 15.0 Å². The van der Waals surface area contributed by atoms with E-state index < -0.39 is 0 Å². The van der Waals surface area contributed by atoms with Crippen molar-refractivity contribution in [1.82, 2.24) is 19.5 Å². The molecule has 1 aliphatic rings. The average molecular weight is 354 g/mol. The van der Waals surface area contributed by atoms with Crippen molar-refractivity contribution in [3.63, 3.8) is 0 Å². The Morgan fingerprint density at radius 3 is 3.00 bits per heavy atom. The molecular weight excluding hydrogens is 338 g/mol. The predicted octanol–water partition coefficient (Wildman–Crippen LogP) is 1.15. The summed E-state index contributed by atoms with van der Waals surface area (Å²) >= 11 is 3.39. The summed E-state index contributed by atoms with van der Waals surface area (Å²) in [7, 11) is 0. The molecule has 0 saturated carbocycles. The van der Waals surface area contributed by atoms with E-state index in [1.807, 2.05) is 23.2 Å². The Balaban J connectivity index is 1.53. The van der Waals surface area contributed by atoms with Crippen molar-refractivity contribution in [2.75, 3.05) is 38.2 Å². The van der Waals surface area contributed by atoms with Gasteiger partial charge in [0.1, 0.15) is 0 Å². The highest BCUT2D eigenvalue weighted by atomic mass is 79.9. The second kappa shape index (κ2) is 6.40. The number of nitrogens with zero attached hydrogens (tertiary/aromatic N) is 4. The number of pyridine rings is 1. The lowest BCUT2D eigenvalue weighted by atomic mass is 10.3. The molecule has 1 fully saturated rings. The second-order valence-corrected chi connectivity index (χ2v) is 5.67. The van der Waals surface area contributed by atoms with Gasteiger partial charge in [-0.25, -0.2) is 4.52 Å². The van der Waals surface area contributed by atoms with Crippen LogP contribution >= 0.6 is 15.9 Å². The van der Waals surface area contributed by atoms with Crippen LogP contribution in [0.15, 0.2) is 22.8 Å². The summed E-state index contributed by atoms with van der Waals surface area (Å²) < 4.78 is 7.86. The van der Waals surface area contributed by atoms with E-state index in [1.54, 1.807) is 4.52 Å².